The quantitative estimate of drug-likeness (QED) is 0.837. The molecule has 1 aromatic carbocycles. The molecule has 0 heterocycles. The average molecular weight is 292 g/mol. The fraction of sp³-hybridized carbons (Fsp3) is 0.611. The van der Waals surface area contributed by atoms with Gasteiger partial charge in [0.2, 0.25) is 0 Å². The third kappa shape index (κ3) is 5.78. The Bertz CT molecular complexity index is 483. The van der Waals surface area contributed by atoms with Gasteiger partial charge in [-0.3, -0.25) is 0 Å². The van der Waals surface area contributed by atoms with Gasteiger partial charge < -0.3 is 9.84 Å². The molecule has 0 aromatic heterocycles. The van der Waals surface area contributed by atoms with E-state index in [0.29, 0.717) is 11.7 Å². The summed E-state index contributed by atoms with van der Waals surface area (Å²) in [7, 11) is 0. The number of benzene rings is 1. The second kappa shape index (κ2) is 6.50. The molecule has 1 N–H and O–H groups in total. The summed E-state index contributed by atoms with van der Waals surface area (Å²) in [5, 5.41) is 9.20. The first-order valence-corrected chi connectivity index (χ1v) is 7.51. The molecule has 0 bridgehead atoms. The molecule has 0 amide bonds. The van der Waals surface area contributed by atoms with Crippen molar-refractivity contribution in [3.05, 3.63) is 29.8 Å². The fourth-order valence-corrected chi connectivity index (χ4v) is 2.58. The van der Waals surface area contributed by atoms with E-state index in [0.717, 1.165) is 18.4 Å². The van der Waals surface area contributed by atoms with E-state index in [4.69, 9.17) is 4.74 Å². The highest BCUT2D eigenvalue weighted by molar-refractivity contribution is 5.76. The average Bonchev–Trinajstić information content (AvgIpc) is 2.28. The lowest BCUT2D eigenvalue weighted by Gasteiger charge is -2.26. The normalized spacial score (nSPS) is 13.8. The van der Waals surface area contributed by atoms with Crippen molar-refractivity contribution in [1.82, 2.24) is 0 Å². The van der Waals surface area contributed by atoms with E-state index in [-0.39, 0.29) is 5.41 Å². The van der Waals surface area contributed by atoms with Gasteiger partial charge in [0, 0.05) is 0 Å². The Morgan fingerprint density at radius 1 is 1.19 bits per heavy atom. The molecule has 118 valence electrons. The minimum Gasteiger partial charge on any atom is -0.478 e. The van der Waals surface area contributed by atoms with E-state index >= 15 is 0 Å². The SMILES string of the molecule is CC(Cc1ccccc1OC(C)(C)C(=O)O)CC(C)(C)C. The van der Waals surface area contributed by atoms with Gasteiger partial charge in [0.15, 0.2) is 5.60 Å². The maximum Gasteiger partial charge on any atom is 0.347 e. The maximum atomic E-state index is 11.2. The van der Waals surface area contributed by atoms with Crippen LogP contribution in [-0.4, -0.2) is 16.7 Å². The maximum absolute atomic E-state index is 11.2. The summed E-state index contributed by atoms with van der Waals surface area (Å²) in [6.07, 6.45) is 2.01. The van der Waals surface area contributed by atoms with Crippen molar-refractivity contribution in [1.29, 1.82) is 0 Å². The van der Waals surface area contributed by atoms with Crippen LogP contribution in [0.4, 0.5) is 0 Å². The van der Waals surface area contributed by atoms with Gasteiger partial charge in [0.25, 0.3) is 0 Å². The number of hydrogen-bond acceptors (Lipinski definition) is 2. The molecule has 1 atom stereocenters. The lowest BCUT2D eigenvalue weighted by Crippen LogP contribution is -2.38. The molecule has 0 saturated heterocycles. The number of carboxylic acids is 1. The first-order valence-electron chi connectivity index (χ1n) is 7.51. The molecule has 0 aliphatic carbocycles. The molecular formula is C18H28O3. The number of carboxylic acid groups (broad SMARTS) is 1. The van der Waals surface area contributed by atoms with Crippen LogP contribution in [0.25, 0.3) is 0 Å². The Morgan fingerprint density at radius 3 is 2.29 bits per heavy atom. The fourth-order valence-electron chi connectivity index (χ4n) is 2.58. The minimum absolute atomic E-state index is 0.287. The molecule has 1 rings (SSSR count). The number of hydrogen-bond donors (Lipinski definition) is 1. The summed E-state index contributed by atoms with van der Waals surface area (Å²) < 4.78 is 5.73. The number of para-hydroxylation sites is 1. The highest BCUT2D eigenvalue weighted by atomic mass is 16.5. The minimum atomic E-state index is -1.22. The van der Waals surface area contributed by atoms with Crippen molar-refractivity contribution >= 4 is 5.97 Å². The first-order chi connectivity index (χ1) is 9.51. The molecule has 0 saturated carbocycles. The molecule has 0 aliphatic heterocycles. The zero-order valence-electron chi connectivity index (χ0n) is 14.1. The third-order valence-electron chi connectivity index (χ3n) is 3.38. The van der Waals surface area contributed by atoms with E-state index in [1.165, 1.54) is 0 Å². The summed E-state index contributed by atoms with van der Waals surface area (Å²) in [6.45, 7) is 12.1. The Morgan fingerprint density at radius 2 is 1.76 bits per heavy atom. The van der Waals surface area contributed by atoms with Crippen molar-refractivity contribution in [3.8, 4) is 5.75 Å². The van der Waals surface area contributed by atoms with Crippen LogP contribution < -0.4 is 4.74 Å². The van der Waals surface area contributed by atoms with E-state index in [9.17, 15) is 9.90 Å². The zero-order chi connectivity index (χ0) is 16.3. The predicted octanol–water partition coefficient (Wildman–Crippen LogP) is 4.54. The molecule has 1 aromatic rings. The molecular weight excluding hydrogens is 264 g/mol. The van der Waals surface area contributed by atoms with Crippen molar-refractivity contribution < 1.29 is 14.6 Å². The molecule has 0 aliphatic rings. The summed E-state index contributed by atoms with van der Waals surface area (Å²) in [5.74, 6) is 0.230. The van der Waals surface area contributed by atoms with Crippen molar-refractivity contribution in [2.75, 3.05) is 0 Å². The topological polar surface area (TPSA) is 46.5 Å². The molecule has 21 heavy (non-hydrogen) atoms. The molecule has 3 heteroatoms. The van der Waals surface area contributed by atoms with Crippen molar-refractivity contribution in [3.63, 3.8) is 0 Å². The van der Waals surface area contributed by atoms with Gasteiger partial charge in [-0.15, -0.1) is 0 Å². The lowest BCUT2D eigenvalue weighted by atomic mass is 9.83. The summed E-state index contributed by atoms with van der Waals surface area (Å²) in [5.41, 5.74) is 0.141. The van der Waals surface area contributed by atoms with E-state index in [2.05, 4.69) is 27.7 Å². The Hall–Kier alpha value is -1.51. The van der Waals surface area contributed by atoms with Crippen LogP contribution in [0.2, 0.25) is 0 Å². The highest BCUT2D eigenvalue weighted by Gasteiger charge is 2.30. The molecule has 3 nitrogen and oxygen atoms in total. The van der Waals surface area contributed by atoms with Crippen LogP contribution in [-0.2, 0) is 11.2 Å². The largest absolute Gasteiger partial charge is 0.478 e. The monoisotopic (exact) mass is 292 g/mol. The highest BCUT2D eigenvalue weighted by Crippen LogP contribution is 2.30. The van der Waals surface area contributed by atoms with Crippen LogP contribution in [0.5, 0.6) is 5.75 Å². The Labute approximate surface area is 128 Å². The van der Waals surface area contributed by atoms with Crippen molar-refractivity contribution in [2.45, 2.75) is 60.0 Å². The van der Waals surface area contributed by atoms with Crippen LogP contribution in [0.3, 0.4) is 0 Å². The van der Waals surface area contributed by atoms with Crippen LogP contribution >= 0.6 is 0 Å². The summed E-state index contributed by atoms with van der Waals surface area (Å²) >= 11 is 0. The zero-order valence-corrected chi connectivity index (χ0v) is 14.1. The van der Waals surface area contributed by atoms with E-state index < -0.39 is 11.6 Å². The second-order valence-electron chi connectivity index (χ2n) is 7.60. The van der Waals surface area contributed by atoms with Crippen LogP contribution in [0.15, 0.2) is 24.3 Å². The number of carbonyl (C=O) groups is 1. The molecule has 0 radical (unpaired) electrons. The standard InChI is InChI=1S/C18H28O3/c1-13(12-17(2,3)4)11-14-9-7-8-10-15(14)21-18(5,6)16(19)20/h7-10,13H,11-12H2,1-6H3,(H,19,20). The van der Waals surface area contributed by atoms with Crippen LogP contribution in [0.1, 0.15) is 53.5 Å². The summed E-state index contributed by atoms with van der Waals surface area (Å²) in [4.78, 5) is 11.2. The number of rotatable bonds is 6. The first kappa shape index (κ1) is 17.5. The third-order valence-corrected chi connectivity index (χ3v) is 3.38. The molecule has 0 spiro atoms. The number of ether oxygens (including phenoxy) is 1. The lowest BCUT2D eigenvalue weighted by molar-refractivity contribution is -0.152. The predicted molar refractivity (Wildman–Crippen MR) is 85.7 cm³/mol. The van der Waals surface area contributed by atoms with Crippen molar-refractivity contribution in [2.24, 2.45) is 11.3 Å². The molecule has 1 unspecified atom stereocenters. The van der Waals surface area contributed by atoms with Gasteiger partial charge in [-0.25, -0.2) is 4.79 Å². The van der Waals surface area contributed by atoms with Gasteiger partial charge in [-0.05, 0) is 49.7 Å². The van der Waals surface area contributed by atoms with Gasteiger partial charge in [-0.1, -0.05) is 45.9 Å². The van der Waals surface area contributed by atoms with Gasteiger partial charge in [0.05, 0.1) is 0 Å². The number of aliphatic carboxylic acids is 1. The molecule has 0 fully saturated rings. The van der Waals surface area contributed by atoms with Gasteiger partial charge in [-0.2, -0.15) is 0 Å². The van der Waals surface area contributed by atoms with Gasteiger partial charge >= 0.3 is 5.97 Å². The van der Waals surface area contributed by atoms with E-state index in [1.54, 1.807) is 13.8 Å². The Kier molecular flexibility index (Phi) is 5.43. The van der Waals surface area contributed by atoms with Crippen LogP contribution in [0, 0.1) is 11.3 Å². The second-order valence-corrected chi connectivity index (χ2v) is 7.60. The Balaban J connectivity index is 2.87. The van der Waals surface area contributed by atoms with E-state index in [1.807, 2.05) is 24.3 Å². The smallest absolute Gasteiger partial charge is 0.347 e. The van der Waals surface area contributed by atoms with Gasteiger partial charge in [0.1, 0.15) is 5.75 Å². The summed E-state index contributed by atoms with van der Waals surface area (Å²) in [6, 6.07) is 7.72.